The number of cyclic esters (lactones) is 1. The van der Waals surface area contributed by atoms with Gasteiger partial charge >= 0.3 is 5.97 Å². The zero-order chi connectivity index (χ0) is 29.4. The van der Waals surface area contributed by atoms with Crippen molar-refractivity contribution in [2.45, 2.75) is 78.3 Å². The lowest BCUT2D eigenvalue weighted by Crippen LogP contribution is -2.58. The van der Waals surface area contributed by atoms with Crippen LogP contribution in [0.25, 0.3) is 0 Å². The van der Waals surface area contributed by atoms with Crippen LogP contribution in [0.4, 0.5) is 5.69 Å². The molecular formula is C28H35ClN4O7. The number of carbonyl (C=O) groups excluding carboxylic acids is 5. The van der Waals surface area contributed by atoms with Crippen LogP contribution in [-0.4, -0.2) is 65.5 Å². The summed E-state index contributed by atoms with van der Waals surface area (Å²) < 4.78 is 10.6. The second-order valence-electron chi connectivity index (χ2n) is 11.2. The summed E-state index contributed by atoms with van der Waals surface area (Å²) in [6.45, 7) is 9.23. The number of hydrogen-bond acceptors (Lipinski definition) is 7. The van der Waals surface area contributed by atoms with E-state index in [2.05, 4.69) is 16.0 Å². The molecule has 12 heteroatoms. The molecule has 1 saturated carbocycles. The molecule has 2 fully saturated rings. The lowest BCUT2D eigenvalue weighted by atomic mass is 9.85. The number of anilines is 1. The van der Waals surface area contributed by atoms with E-state index in [-0.39, 0.29) is 28.8 Å². The van der Waals surface area contributed by atoms with E-state index in [1.54, 1.807) is 26.1 Å². The first kappa shape index (κ1) is 29.5. The smallest absolute Gasteiger partial charge is 0.310 e. The number of halogens is 1. The first-order valence-corrected chi connectivity index (χ1v) is 13.8. The van der Waals surface area contributed by atoms with Gasteiger partial charge in [-0.05, 0) is 42.5 Å². The van der Waals surface area contributed by atoms with Gasteiger partial charge in [0.2, 0.25) is 24.0 Å². The molecular weight excluding hydrogens is 540 g/mol. The molecule has 1 saturated heterocycles. The Hall–Kier alpha value is -3.44. The summed E-state index contributed by atoms with van der Waals surface area (Å²) in [4.78, 5) is 65.5. The summed E-state index contributed by atoms with van der Waals surface area (Å²) in [5, 5.41) is 8.44. The zero-order valence-electron chi connectivity index (χ0n) is 23.2. The summed E-state index contributed by atoms with van der Waals surface area (Å²) >= 11 is 6.36. The van der Waals surface area contributed by atoms with Gasteiger partial charge in [-0.25, -0.2) is 0 Å². The molecule has 4 amide bonds. The second kappa shape index (κ2) is 11.6. The van der Waals surface area contributed by atoms with Crippen LogP contribution in [0.3, 0.4) is 0 Å². The molecule has 1 aliphatic carbocycles. The van der Waals surface area contributed by atoms with Crippen molar-refractivity contribution in [3.63, 3.8) is 0 Å². The molecule has 5 atom stereocenters. The molecule has 216 valence electrons. The first-order chi connectivity index (χ1) is 18.8. The minimum absolute atomic E-state index is 0.0234. The highest BCUT2D eigenvalue weighted by molar-refractivity contribution is 6.34. The van der Waals surface area contributed by atoms with Gasteiger partial charge < -0.3 is 30.3 Å². The average Bonchev–Trinajstić information content (AvgIpc) is 3.40. The molecule has 1 aromatic rings. The highest BCUT2D eigenvalue weighted by atomic mass is 35.5. The molecule has 1 aromatic carbocycles. The molecule has 0 radical (unpaired) electrons. The Bertz CT molecular complexity index is 1260. The molecule has 0 aromatic heterocycles. The number of rotatable bonds is 9. The topological polar surface area (TPSA) is 143 Å². The van der Waals surface area contributed by atoms with Crippen LogP contribution in [0.2, 0.25) is 5.02 Å². The third kappa shape index (κ3) is 6.31. The zero-order valence-corrected chi connectivity index (χ0v) is 24.0. The Kier molecular flexibility index (Phi) is 8.55. The summed E-state index contributed by atoms with van der Waals surface area (Å²) in [5.41, 5.74) is 0.852. The molecule has 0 bridgehead atoms. The Morgan fingerprint density at radius 3 is 2.52 bits per heavy atom. The van der Waals surface area contributed by atoms with Gasteiger partial charge in [-0.15, -0.1) is 0 Å². The Balaban J connectivity index is 1.50. The SMILES string of the molecule is CCOC1OC(=O)CC1NC(=O)C1C2CC2=CN1C(=O)C(NC(=O)c1ccc(NC(=O)CC)cc1Cl)C(C)(C)C. The maximum atomic E-state index is 13.9. The van der Waals surface area contributed by atoms with E-state index >= 15 is 0 Å². The van der Waals surface area contributed by atoms with E-state index in [9.17, 15) is 24.0 Å². The molecule has 2 heterocycles. The minimum Gasteiger partial charge on any atom is -0.433 e. The number of fused-ring (bicyclic) bond motifs is 1. The Morgan fingerprint density at radius 1 is 1.18 bits per heavy atom. The summed E-state index contributed by atoms with van der Waals surface area (Å²) in [5.74, 6) is -2.20. The van der Waals surface area contributed by atoms with Crippen molar-refractivity contribution < 1.29 is 33.4 Å². The Labute approximate surface area is 238 Å². The minimum atomic E-state index is -0.993. The summed E-state index contributed by atoms with van der Waals surface area (Å²) in [6.07, 6.45) is 1.76. The van der Waals surface area contributed by atoms with E-state index in [4.69, 9.17) is 21.1 Å². The highest BCUT2D eigenvalue weighted by Crippen LogP contribution is 2.48. The number of nitrogens with one attached hydrogen (secondary N) is 3. The van der Waals surface area contributed by atoms with E-state index < -0.39 is 53.5 Å². The van der Waals surface area contributed by atoms with Crippen LogP contribution in [0, 0.1) is 11.3 Å². The number of carbonyl (C=O) groups is 5. The van der Waals surface area contributed by atoms with Crippen molar-refractivity contribution in [1.29, 1.82) is 0 Å². The average molecular weight is 575 g/mol. The fraction of sp³-hybridized carbons (Fsp3) is 0.536. The standard InChI is InChI=1S/C28H35ClN4O7/c1-6-20(34)30-15-8-9-16(18(29)11-15)24(36)32-23(28(3,4)5)26(38)33-13-14-10-17(14)22(33)25(37)31-19-12-21(35)40-27(19)39-7-2/h8-9,11,13,17,19,22-23,27H,6-7,10,12H2,1-5H3,(H,30,34)(H,31,37)(H,32,36). The molecule has 11 nitrogen and oxygen atoms in total. The van der Waals surface area contributed by atoms with Crippen LogP contribution in [-0.2, 0) is 28.7 Å². The van der Waals surface area contributed by atoms with Gasteiger partial charge in [0.05, 0.1) is 17.0 Å². The molecule has 40 heavy (non-hydrogen) atoms. The van der Waals surface area contributed by atoms with Crippen molar-refractivity contribution in [2.24, 2.45) is 11.3 Å². The van der Waals surface area contributed by atoms with E-state index in [0.29, 0.717) is 25.1 Å². The number of benzene rings is 1. The predicted octanol–water partition coefficient (Wildman–Crippen LogP) is 2.74. The Morgan fingerprint density at radius 2 is 1.90 bits per heavy atom. The van der Waals surface area contributed by atoms with Gasteiger partial charge in [0.25, 0.3) is 5.91 Å². The van der Waals surface area contributed by atoms with E-state index in [1.165, 1.54) is 17.0 Å². The maximum Gasteiger partial charge on any atom is 0.310 e. The van der Waals surface area contributed by atoms with Crippen molar-refractivity contribution in [1.82, 2.24) is 15.5 Å². The molecule has 3 N–H and O–H groups in total. The fourth-order valence-electron chi connectivity index (χ4n) is 4.89. The number of ether oxygens (including phenoxy) is 2. The third-order valence-corrected chi connectivity index (χ3v) is 7.42. The number of amides is 4. The lowest BCUT2D eigenvalue weighted by molar-refractivity contribution is -0.164. The van der Waals surface area contributed by atoms with Gasteiger partial charge in [-0.2, -0.15) is 0 Å². The quantitative estimate of drug-likeness (QED) is 0.385. The van der Waals surface area contributed by atoms with Gasteiger partial charge in [-0.3, -0.25) is 24.0 Å². The van der Waals surface area contributed by atoms with Crippen LogP contribution >= 0.6 is 11.6 Å². The number of hydrogen-bond donors (Lipinski definition) is 3. The normalized spacial score (nSPS) is 24.0. The van der Waals surface area contributed by atoms with Crippen molar-refractivity contribution >= 4 is 46.9 Å². The van der Waals surface area contributed by atoms with Gasteiger partial charge in [-0.1, -0.05) is 39.3 Å². The second-order valence-corrected chi connectivity index (χ2v) is 11.6. The largest absolute Gasteiger partial charge is 0.433 e. The predicted molar refractivity (Wildman–Crippen MR) is 146 cm³/mol. The van der Waals surface area contributed by atoms with Crippen molar-refractivity contribution in [3.05, 3.63) is 40.6 Å². The van der Waals surface area contributed by atoms with Crippen LogP contribution in [0.15, 0.2) is 30.0 Å². The van der Waals surface area contributed by atoms with Gasteiger partial charge in [0.1, 0.15) is 18.1 Å². The summed E-state index contributed by atoms with van der Waals surface area (Å²) in [6, 6.07) is 2.05. The van der Waals surface area contributed by atoms with Crippen molar-refractivity contribution in [2.75, 3.05) is 11.9 Å². The third-order valence-electron chi connectivity index (χ3n) is 7.11. The van der Waals surface area contributed by atoms with Crippen molar-refractivity contribution in [3.8, 4) is 0 Å². The molecule has 4 rings (SSSR count). The summed E-state index contributed by atoms with van der Waals surface area (Å²) in [7, 11) is 0. The molecule has 0 spiro atoms. The van der Waals surface area contributed by atoms with Crippen LogP contribution in [0.1, 0.15) is 64.2 Å². The molecule has 5 unspecified atom stereocenters. The van der Waals surface area contributed by atoms with Gasteiger partial charge in [0, 0.05) is 30.8 Å². The first-order valence-electron chi connectivity index (χ1n) is 13.4. The number of esters is 1. The van der Waals surface area contributed by atoms with E-state index in [1.807, 2.05) is 20.8 Å². The monoisotopic (exact) mass is 574 g/mol. The van der Waals surface area contributed by atoms with E-state index in [0.717, 1.165) is 5.57 Å². The maximum absolute atomic E-state index is 13.9. The lowest BCUT2D eigenvalue weighted by Gasteiger charge is -2.36. The number of nitrogens with zero attached hydrogens (tertiary/aromatic N) is 1. The van der Waals surface area contributed by atoms with Crippen LogP contribution in [0.5, 0.6) is 0 Å². The fourth-order valence-corrected chi connectivity index (χ4v) is 5.16. The van der Waals surface area contributed by atoms with Crippen LogP contribution < -0.4 is 16.0 Å². The molecule has 3 aliphatic rings. The highest BCUT2D eigenvalue weighted by Gasteiger charge is 2.54. The van der Waals surface area contributed by atoms with Gasteiger partial charge in [0.15, 0.2) is 0 Å². The molecule has 2 aliphatic heterocycles.